The molecule has 0 saturated heterocycles. The molecule has 0 unspecified atom stereocenters. The number of pyridine rings is 1. The van der Waals surface area contributed by atoms with Crippen molar-refractivity contribution < 1.29 is 0 Å². The number of hydrogen-bond acceptors (Lipinski definition) is 2. The summed E-state index contributed by atoms with van der Waals surface area (Å²) in [5, 5.41) is 4.48. The van der Waals surface area contributed by atoms with Crippen LogP contribution in [0.5, 0.6) is 0 Å². The number of anilines is 2. The Kier molecular flexibility index (Phi) is 4.62. The number of rotatable bonds is 2. The molecule has 18 heavy (non-hydrogen) atoms. The second kappa shape index (κ2) is 5.85. The topological polar surface area (TPSA) is 24.9 Å². The quantitative estimate of drug-likeness (QED) is 0.621. The van der Waals surface area contributed by atoms with Crippen molar-refractivity contribution in [3.8, 4) is 0 Å². The molecular weight excluding hydrogens is 382 g/mol. The van der Waals surface area contributed by atoms with Gasteiger partial charge in [0.15, 0.2) is 5.82 Å². The largest absolute Gasteiger partial charge is 0.338 e. The fourth-order valence-corrected chi connectivity index (χ4v) is 2.32. The molecule has 1 N–H and O–H groups in total. The van der Waals surface area contributed by atoms with Crippen LogP contribution in [-0.2, 0) is 0 Å². The Balaban J connectivity index is 2.40. The number of nitrogens with zero attached hydrogens (tertiary/aromatic N) is 1. The van der Waals surface area contributed by atoms with E-state index in [9.17, 15) is 0 Å². The molecule has 0 atom stereocenters. The first-order chi connectivity index (χ1) is 8.47. The van der Waals surface area contributed by atoms with E-state index in [1.54, 1.807) is 12.1 Å². The van der Waals surface area contributed by atoms with Crippen LogP contribution in [0.3, 0.4) is 0 Å². The van der Waals surface area contributed by atoms with E-state index in [1.807, 2.05) is 6.07 Å². The van der Waals surface area contributed by atoms with Crippen LogP contribution in [0.25, 0.3) is 0 Å². The van der Waals surface area contributed by atoms with E-state index in [0.29, 0.717) is 20.9 Å². The third kappa shape index (κ3) is 3.22. The predicted molar refractivity (Wildman–Crippen MR) is 81.7 cm³/mol. The second-order valence-electron chi connectivity index (χ2n) is 3.34. The van der Waals surface area contributed by atoms with Gasteiger partial charge < -0.3 is 5.32 Å². The van der Waals surface area contributed by atoms with Crippen LogP contribution in [0.4, 0.5) is 11.5 Å². The lowest BCUT2D eigenvalue weighted by molar-refractivity contribution is 1.30. The molecule has 94 valence electrons. The van der Waals surface area contributed by atoms with Crippen molar-refractivity contribution >= 4 is 73.8 Å². The number of benzene rings is 1. The number of aromatic nitrogens is 1. The zero-order valence-electron chi connectivity index (χ0n) is 8.65. The minimum Gasteiger partial charge on any atom is -0.338 e. The number of halogens is 5. The molecule has 2 nitrogen and oxygen atoms in total. The highest BCUT2D eigenvalue weighted by atomic mass is 79.9. The van der Waals surface area contributed by atoms with Crippen molar-refractivity contribution in [1.82, 2.24) is 4.98 Å². The standard InChI is InChI=1S/C11H5BrCl4N2/c12-6-2-1-5(13)3-9(6)17-11-8(15)4-7(14)10(16)18-11/h1-4H,(H,17,18). The maximum atomic E-state index is 6.03. The summed E-state index contributed by atoms with van der Waals surface area (Å²) < 4.78 is 0.829. The lowest BCUT2D eigenvalue weighted by atomic mass is 10.3. The third-order valence-electron chi connectivity index (χ3n) is 2.07. The van der Waals surface area contributed by atoms with E-state index < -0.39 is 0 Å². The van der Waals surface area contributed by atoms with Crippen LogP contribution in [0.1, 0.15) is 0 Å². The zero-order valence-corrected chi connectivity index (χ0v) is 13.3. The van der Waals surface area contributed by atoms with Crippen molar-refractivity contribution in [2.24, 2.45) is 0 Å². The lowest BCUT2D eigenvalue weighted by Crippen LogP contribution is -1.96. The summed E-state index contributed by atoms with van der Waals surface area (Å²) in [6.07, 6.45) is 0. The maximum Gasteiger partial charge on any atom is 0.151 e. The van der Waals surface area contributed by atoms with Crippen LogP contribution in [0.15, 0.2) is 28.7 Å². The molecule has 0 saturated carbocycles. The lowest BCUT2D eigenvalue weighted by Gasteiger charge is -2.10. The highest BCUT2D eigenvalue weighted by molar-refractivity contribution is 9.10. The van der Waals surface area contributed by atoms with E-state index in [-0.39, 0.29) is 5.15 Å². The van der Waals surface area contributed by atoms with Crippen molar-refractivity contribution in [2.45, 2.75) is 0 Å². The smallest absolute Gasteiger partial charge is 0.151 e. The average Bonchev–Trinajstić information content (AvgIpc) is 2.30. The van der Waals surface area contributed by atoms with E-state index in [1.165, 1.54) is 6.07 Å². The summed E-state index contributed by atoms with van der Waals surface area (Å²) in [4.78, 5) is 4.06. The minimum atomic E-state index is 0.182. The van der Waals surface area contributed by atoms with Gasteiger partial charge in [-0.05, 0) is 40.2 Å². The van der Waals surface area contributed by atoms with Crippen molar-refractivity contribution in [3.05, 3.63) is 49.0 Å². The van der Waals surface area contributed by atoms with Crippen LogP contribution in [-0.4, -0.2) is 4.98 Å². The molecule has 0 spiro atoms. The van der Waals surface area contributed by atoms with Gasteiger partial charge in [0.05, 0.1) is 15.7 Å². The molecule has 0 fully saturated rings. The van der Waals surface area contributed by atoms with Gasteiger partial charge in [-0.1, -0.05) is 46.4 Å². The molecule has 2 rings (SSSR count). The van der Waals surface area contributed by atoms with E-state index >= 15 is 0 Å². The molecule has 0 aliphatic carbocycles. The minimum absolute atomic E-state index is 0.182. The molecule has 0 radical (unpaired) electrons. The average molecular weight is 387 g/mol. The van der Waals surface area contributed by atoms with Gasteiger partial charge >= 0.3 is 0 Å². The summed E-state index contributed by atoms with van der Waals surface area (Å²) >= 11 is 27.0. The van der Waals surface area contributed by atoms with Gasteiger partial charge in [0.25, 0.3) is 0 Å². The van der Waals surface area contributed by atoms with Crippen LogP contribution < -0.4 is 5.32 Å². The Morgan fingerprint density at radius 1 is 1.00 bits per heavy atom. The van der Waals surface area contributed by atoms with Gasteiger partial charge in [-0.2, -0.15) is 0 Å². The predicted octanol–water partition coefficient (Wildman–Crippen LogP) is 6.20. The Hall–Kier alpha value is -0.190. The molecule has 2 aromatic rings. The molecule has 0 aliphatic heterocycles. The van der Waals surface area contributed by atoms with E-state index in [0.717, 1.165) is 10.2 Å². The zero-order chi connectivity index (χ0) is 13.3. The first-order valence-corrected chi connectivity index (χ1v) is 7.01. The fraction of sp³-hybridized carbons (Fsp3) is 0. The van der Waals surface area contributed by atoms with Gasteiger partial charge in [0.2, 0.25) is 0 Å². The summed E-state index contributed by atoms with van der Waals surface area (Å²) in [7, 11) is 0. The number of hydrogen-bond donors (Lipinski definition) is 1. The summed E-state index contributed by atoms with van der Waals surface area (Å²) in [5.74, 6) is 0.411. The molecular formula is C11H5BrCl4N2. The third-order valence-corrected chi connectivity index (χ3v) is 3.96. The molecule has 1 aromatic carbocycles. The summed E-state index contributed by atoms with van der Waals surface area (Å²) in [5.41, 5.74) is 0.732. The molecule has 7 heteroatoms. The first-order valence-electron chi connectivity index (χ1n) is 4.71. The monoisotopic (exact) mass is 384 g/mol. The second-order valence-corrected chi connectivity index (χ2v) is 5.80. The Labute approximate surface area is 132 Å². The van der Waals surface area contributed by atoms with Gasteiger partial charge in [-0.3, -0.25) is 0 Å². The summed E-state index contributed by atoms with van der Waals surface area (Å²) in [6.45, 7) is 0. The Bertz CT molecular complexity index is 604. The van der Waals surface area contributed by atoms with Gasteiger partial charge in [0.1, 0.15) is 5.15 Å². The van der Waals surface area contributed by atoms with Crippen molar-refractivity contribution in [3.63, 3.8) is 0 Å². The summed E-state index contributed by atoms with van der Waals surface area (Å²) in [6, 6.07) is 6.85. The van der Waals surface area contributed by atoms with Crippen LogP contribution in [0, 0.1) is 0 Å². The van der Waals surface area contributed by atoms with Crippen LogP contribution >= 0.6 is 62.3 Å². The fourth-order valence-electron chi connectivity index (χ4n) is 1.25. The van der Waals surface area contributed by atoms with Gasteiger partial charge in [-0.15, -0.1) is 0 Å². The molecule has 1 aromatic heterocycles. The van der Waals surface area contributed by atoms with E-state index in [4.69, 9.17) is 46.4 Å². The van der Waals surface area contributed by atoms with Crippen molar-refractivity contribution in [2.75, 3.05) is 5.32 Å². The highest BCUT2D eigenvalue weighted by Gasteiger charge is 2.09. The Morgan fingerprint density at radius 2 is 1.72 bits per heavy atom. The van der Waals surface area contributed by atoms with Crippen LogP contribution in [0.2, 0.25) is 20.2 Å². The highest BCUT2D eigenvalue weighted by Crippen LogP contribution is 2.33. The molecule has 1 heterocycles. The number of nitrogens with one attached hydrogen (secondary N) is 1. The molecule has 0 bridgehead atoms. The van der Waals surface area contributed by atoms with Gasteiger partial charge in [0, 0.05) is 9.50 Å². The normalized spacial score (nSPS) is 10.5. The molecule has 0 amide bonds. The van der Waals surface area contributed by atoms with Gasteiger partial charge in [-0.25, -0.2) is 4.98 Å². The maximum absolute atomic E-state index is 6.03. The first kappa shape index (κ1) is 14.2. The molecule has 0 aliphatic rings. The Morgan fingerprint density at radius 3 is 2.44 bits per heavy atom. The van der Waals surface area contributed by atoms with Crippen molar-refractivity contribution in [1.29, 1.82) is 0 Å². The SMILES string of the molecule is Clc1ccc(Br)c(Nc2nc(Cl)c(Cl)cc2Cl)c1. The van der Waals surface area contributed by atoms with E-state index in [2.05, 4.69) is 26.2 Å².